The Morgan fingerprint density at radius 2 is 1.46 bits per heavy atom. The minimum absolute atomic E-state index is 0.122. The van der Waals surface area contributed by atoms with E-state index in [0.717, 1.165) is 32.0 Å². The van der Waals surface area contributed by atoms with Gasteiger partial charge in [-0.15, -0.1) is 0 Å². The van der Waals surface area contributed by atoms with E-state index in [1.807, 2.05) is 11.0 Å². The number of carbonyl (C=O) groups excluding carboxylic acids is 1. The third kappa shape index (κ3) is 5.97. The minimum atomic E-state index is 0.122. The highest BCUT2D eigenvalue weighted by molar-refractivity contribution is 7.99. The molecule has 0 unspecified atom stereocenters. The highest BCUT2D eigenvalue weighted by atomic mass is 35.5. The zero-order chi connectivity index (χ0) is 24.0. The molecule has 6 nitrogen and oxygen atoms in total. The van der Waals surface area contributed by atoms with Gasteiger partial charge in [-0.3, -0.25) is 9.69 Å². The summed E-state index contributed by atoms with van der Waals surface area (Å²) in [5.41, 5.74) is 2.56. The quantitative estimate of drug-likeness (QED) is 0.261. The third-order valence-corrected chi connectivity index (χ3v) is 7.70. The Labute approximate surface area is 216 Å². The molecule has 2 fully saturated rings. The first-order valence-electron chi connectivity index (χ1n) is 12.2. The molecule has 3 heterocycles. The Morgan fingerprint density at radius 3 is 2.06 bits per heavy atom. The van der Waals surface area contributed by atoms with Crippen LogP contribution in [-0.4, -0.2) is 70.7 Å². The van der Waals surface area contributed by atoms with E-state index in [1.165, 1.54) is 35.7 Å². The molecule has 3 aromatic rings. The number of amides is 1. The molecular formula is C27H30ClN5OS. The topological polar surface area (TPSA) is 52.6 Å². The second kappa shape index (κ2) is 11.4. The van der Waals surface area contributed by atoms with Crippen molar-refractivity contribution in [3.8, 4) is 0 Å². The first-order valence-corrected chi connectivity index (χ1v) is 13.6. The Balaban J connectivity index is 1.20. The molecule has 1 amide bonds. The number of hydrogen-bond donors (Lipinski definition) is 0. The molecule has 2 aromatic carbocycles. The number of halogens is 1. The van der Waals surface area contributed by atoms with Crippen molar-refractivity contribution in [1.29, 1.82) is 0 Å². The monoisotopic (exact) mass is 507 g/mol. The van der Waals surface area contributed by atoms with Crippen molar-refractivity contribution in [3.05, 3.63) is 83.0 Å². The van der Waals surface area contributed by atoms with Crippen LogP contribution in [0.5, 0.6) is 0 Å². The molecular weight excluding hydrogens is 478 g/mol. The van der Waals surface area contributed by atoms with Crippen LogP contribution in [0, 0.1) is 0 Å². The second-order valence-corrected chi connectivity index (χ2v) is 10.3. The average molecular weight is 508 g/mol. The lowest BCUT2D eigenvalue weighted by Gasteiger charge is -2.39. The van der Waals surface area contributed by atoms with Gasteiger partial charge in [-0.25, -0.2) is 9.97 Å². The van der Waals surface area contributed by atoms with Crippen LogP contribution in [0.15, 0.2) is 71.9 Å². The Kier molecular flexibility index (Phi) is 7.86. The molecule has 2 aliphatic heterocycles. The average Bonchev–Trinajstić information content (AvgIpc) is 3.44. The third-order valence-electron chi connectivity index (χ3n) is 6.68. The van der Waals surface area contributed by atoms with Crippen molar-refractivity contribution in [1.82, 2.24) is 19.8 Å². The van der Waals surface area contributed by atoms with E-state index in [4.69, 9.17) is 11.6 Å². The normalized spacial score (nSPS) is 16.7. The van der Waals surface area contributed by atoms with E-state index < -0.39 is 0 Å². The fourth-order valence-electron chi connectivity index (χ4n) is 4.89. The summed E-state index contributed by atoms with van der Waals surface area (Å²) in [5.74, 6) is 1.30. The number of thioether (sulfide) groups is 1. The second-order valence-electron chi connectivity index (χ2n) is 8.95. The fraction of sp³-hybridized carbons (Fsp3) is 0.370. The molecule has 1 aromatic heterocycles. The van der Waals surface area contributed by atoms with E-state index in [0.29, 0.717) is 29.2 Å². The van der Waals surface area contributed by atoms with E-state index in [9.17, 15) is 4.79 Å². The number of nitrogens with zero attached hydrogens (tertiary/aromatic N) is 5. The molecule has 0 N–H and O–H groups in total. The van der Waals surface area contributed by atoms with Gasteiger partial charge in [0.25, 0.3) is 0 Å². The number of piperazine rings is 1. The van der Waals surface area contributed by atoms with Crippen molar-refractivity contribution in [3.63, 3.8) is 0 Å². The number of benzene rings is 2. The fourth-order valence-corrected chi connectivity index (χ4v) is 5.87. The largest absolute Gasteiger partial charge is 0.356 e. The maximum absolute atomic E-state index is 13.0. The molecule has 8 heteroatoms. The first-order chi connectivity index (χ1) is 17.2. The van der Waals surface area contributed by atoms with Gasteiger partial charge in [-0.05, 0) is 24.0 Å². The molecule has 0 spiro atoms. The van der Waals surface area contributed by atoms with Crippen molar-refractivity contribution in [2.24, 2.45) is 0 Å². The summed E-state index contributed by atoms with van der Waals surface area (Å²) >= 11 is 7.62. The van der Waals surface area contributed by atoms with Crippen LogP contribution in [0.25, 0.3) is 0 Å². The van der Waals surface area contributed by atoms with Gasteiger partial charge >= 0.3 is 0 Å². The summed E-state index contributed by atoms with van der Waals surface area (Å²) in [5, 5.41) is 0.998. The van der Waals surface area contributed by atoms with Gasteiger partial charge in [0.2, 0.25) is 5.91 Å². The van der Waals surface area contributed by atoms with Crippen LogP contribution >= 0.6 is 23.4 Å². The molecule has 5 rings (SSSR count). The lowest BCUT2D eigenvalue weighted by molar-refractivity contribution is -0.130. The van der Waals surface area contributed by atoms with Gasteiger partial charge in [-0.2, -0.15) is 0 Å². The Bertz CT molecular complexity index is 1080. The smallest absolute Gasteiger partial charge is 0.233 e. The molecule has 2 aliphatic rings. The Morgan fingerprint density at radius 1 is 0.857 bits per heavy atom. The summed E-state index contributed by atoms with van der Waals surface area (Å²) in [6.07, 6.45) is 2.34. The predicted octanol–water partition coefficient (Wildman–Crippen LogP) is 4.76. The van der Waals surface area contributed by atoms with E-state index in [-0.39, 0.29) is 11.9 Å². The number of hydrogen-bond acceptors (Lipinski definition) is 6. The number of aromatic nitrogens is 2. The van der Waals surface area contributed by atoms with Crippen LogP contribution in [-0.2, 0) is 4.79 Å². The van der Waals surface area contributed by atoms with Gasteiger partial charge in [0.15, 0.2) is 5.16 Å². The van der Waals surface area contributed by atoms with Crippen LogP contribution in [0.1, 0.15) is 30.0 Å². The first kappa shape index (κ1) is 24.1. The zero-order valence-electron chi connectivity index (χ0n) is 19.7. The van der Waals surface area contributed by atoms with Gasteiger partial charge in [-0.1, -0.05) is 84.0 Å². The molecule has 0 radical (unpaired) electrons. The molecule has 0 aliphatic carbocycles. The van der Waals surface area contributed by atoms with Crippen LogP contribution in [0.4, 0.5) is 5.82 Å². The van der Waals surface area contributed by atoms with Crippen molar-refractivity contribution < 1.29 is 4.79 Å². The minimum Gasteiger partial charge on any atom is -0.356 e. The van der Waals surface area contributed by atoms with Crippen molar-refractivity contribution in [2.45, 2.75) is 24.0 Å². The maximum atomic E-state index is 13.0. The van der Waals surface area contributed by atoms with Gasteiger partial charge in [0.1, 0.15) is 11.0 Å². The van der Waals surface area contributed by atoms with E-state index >= 15 is 0 Å². The highest BCUT2D eigenvalue weighted by Crippen LogP contribution is 2.30. The SMILES string of the molecule is O=C(CSc1nc(Cl)cc(N2CCCC2)n1)N1CCN(C(c2ccccc2)c2ccccc2)CC1. The van der Waals surface area contributed by atoms with E-state index in [1.54, 1.807) is 0 Å². The van der Waals surface area contributed by atoms with Crippen LogP contribution < -0.4 is 4.90 Å². The Hall–Kier alpha value is -2.61. The molecule has 35 heavy (non-hydrogen) atoms. The molecule has 0 atom stereocenters. The maximum Gasteiger partial charge on any atom is 0.233 e. The molecule has 2 saturated heterocycles. The van der Waals surface area contributed by atoms with E-state index in [2.05, 4.69) is 80.4 Å². The lowest BCUT2D eigenvalue weighted by atomic mass is 9.96. The van der Waals surface area contributed by atoms with Gasteiger partial charge in [0, 0.05) is 45.3 Å². The number of anilines is 1. The summed E-state index contributed by atoms with van der Waals surface area (Å²) in [6.45, 7) is 5.08. The highest BCUT2D eigenvalue weighted by Gasteiger charge is 2.28. The van der Waals surface area contributed by atoms with Crippen molar-refractivity contribution in [2.75, 3.05) is 49.9 Å². The summed E-state index contributed by atoms with van der Waals surface area (Å²) in [7, 11) is 0. The van der Waals surface area contributed by atoms with Crippen molar-refractivity contribution >= 4 is 35.1 Å². The zero-order valence-corrected chi connectivity index (χ0v) is 21.3. The summed E-state index contributed by atoms with van der Waals surface area (Å²) in [6, 6.07) is 23.2. The summed E-state index contributed by atoms with van der Waals surface area (Å²) in [4.78, 5) is 28.7. The lowest BCUT2D eigenvalue weighted by Crippen LogP contribution is -2.50. The van der Waals surface area contributed by atoms with Gasteiger partial charge in [0.05, 0.1) is 11.8 Å². The number of carbonyl (C=O) groups is 1. The summed E-state index contributed by atoms with van der Waals surface area (Å²) < 4.78 is 0. The standard InChI is InChI=1S/C27H30ClN5OS/c28-23-19-24(31-13-7-8-14-31)30-27(29-23)35-20-25(34)32-15-17-33(18-16-32)26(21-9-3-1-4-10-21)22-11-5-2-6-12-22/h1-6,9-12,19,26H,7-8,13-18,20H2. The molecule has 0 saturated carbocycles. The molecule has 0 bridgehead atoms. The molecule has 182 valence electrons. The number of rotatable bonds is 7. The van der Waals surface area contributed by atoms with Gasteiger partial charge < -0.3 is 9.80 Å². The van der Waals surface area contributed by atoms with Crippen LogP contribution in [0.3, 0.4) is 0 Å². The predicted molar refractivity (Wildman–Crippen MR) is 142 cm³/mol. The van der Waals surface area contributed by atoms with Crippen LogP contribution in [0.2, 0.25) is 5.15 Å².